The van der Waals surface area contributed by atoms with Crippen LogP contribution in [0, 0.1) is 0 Å². The van der Waals surface area contributed by atoms with Crippen LogP contribution in [0.3, 0.4) is 0 Å². The highest BCUT2D eigenvalue weighted by Crippen LogP contribution is 2.12. The maximum Gasteiger partial charge on any atom is 0.306 e. The van der Waals surface area contributed by atoms with Gasteiger partial charge in [-0.15, -0.1) is 0 Å². The van der Waals surface area contributed by atoms with E-state index >= 15 is 0 Å². The highest BCUT2D eigenvalue weighted by Gasteiger charge is 2.19. The molecular weight excluding hydrogens is 877 g/mol. The van der Waals surface area contributed by atoms with E-state index in [9.17, 15) is 14.4 Å². The third-order valence-electron chi connectivity index (χ3n) is 11.9. The fraction of sp³-hybridized carbons (Fsp3) is 0.646. The third-order valence-corrected chi connectivity index (χ3v) is 11.9. The van der Waals surface area contributed by atoms with E-state index in [2.05, 4.69) is 142 Å². The molecule has 0 unspecified atom stereocenters. The second kappa shape index (κ2) is 58.4. The molecular formula is C65H106O6. The number of allylic oxidation sites excluding steroid dienone is 20. The first-order chi connectivity index (χ1) is 35.0. The molecule has 1 atom stereocenters. The number of hydrogen-bond donors (Lipinski definition) is 0. The maximum absolute atomic E-state index is 12.9. The van der Waals surface area contributed by atoms with Gasteiger partial charge in [0.1, 0.15) is 13.2 Å². The maximum atomic E-state index is 12.9. The number of unbranched alkanes of at least 4 members (excludes halogenated alkanes) is 20. The first-order valence-corrected chi connectivity index (χ1v) is 29.0. The van der Waals surface area contributed by atoms with Crippen LogP contribution in [-0.2, 0) is 28.6 Å². The molecule has 0 bridgehead atoms. The Morgan fingerprint density at radius 2 is 0.507 bits per heavy atom. The van der Waals surface area contributed by atoms with E-state index in [1.54, 1.807) is 0 Å². The van der Waals surface area contributed by atoms with Gasteiger partial charge in [0, 0.05) is 19.3 Å². The number of esters is 3. The van der Waals surface area contributed by atoms with Gasteiger partial charge in [0.05, 0.1) is 0 Å². The Morgan fingerprint density at radius 3 is 0.803 bits per heavy atom. The lowest BCUT2D eigenvalue weighted by Gasteiger charge is -2.18. The summed E-state index contributed by atoms with van der Waals surface area (Å²) in [5.74, 6) is -0.989. The second-order valence-electron chi connectivity index (χ2n) is 18.8. The first-order valence-electron chi connectivity index (χ1n) is 29.0. The largest absolute Gasteiger partial charge is 0.462 e. The van der Waals surface area contributed by atoms with Gasteiger partial charge in [-0.05, 0) is 141 Å². The van der Waals surface area contributed by atoms with Gasteiger partial charge in [0.2, 0.25) is 0 Å². The Bertz CT molecular complexity index is 1500. The molecule has 71 heavy (non-hydrogen) atoms. The smallest absolute Gasteiger partial charge is 0.306 e. The Kier molecular flexibility index (Phi) is 54.9. The van der Waals surface area contributed by atoms with Crippen molar-refractivity contribution in [2.75, 3.05) is 13.2 Å². The van der Waals surface area contributed by atoms with Crippen LogP contribution in [0.4, 0.5) is 0 Å². The summed E-state index contributed by atoms with van der Waals surface area (Å²) in [5.41, 5.74) is 0. The van der Waals surface area contributed by atoms with Crippen LogP contribution in [0.5, 0.6) is 0 Å². The van der Waals surface area contributed by atoms with Crippen LogP contribution in [0.15, 0.2) is 122 Å². The number of hydrogen-bond acceptors (Lipinski definition) is 6. The Balaban J connectivity index is 4.55. The summed E-state index contributed by atoms with van der Waals surface area (Å²) in [6.07, 6.45) is 80.4. The van der Waals surface area contributed by atoms with E-state index in [4.69, 9.17) is 14.2 Å². The summed E-state index contributed by atoms with van der Waals surface area (Å²) >= 11 is 0. The second-order valence-corrected chi connectivity index (χ2v) is 18.8. The van der Waals surface area contributed by atoms with Crippen LogP contribution >= 0.6 is 0 Å². The summed E-state index contributed by atoms with van der Waals surface area (Å²) < 4.78 is 16.8. The Morgan fingerprint density at radius 1 is 0.282 bits per heavy atom. The minimum absolute atomic E-state index is 0.112. The van der Waals surface area contributed by atoms with Gasteiger partial charge in [0.25, 0.3) is 0 Å². The van der Waals surface area contributed by atoms with Crippen molar-refractivity contribution in [2.45, 2.75) is 258 Å². The number of carbonyl (C=O) groups excluding carboxylic acids is 3. The fourth-order valence-corrected chi connectivity index (χ4v) is 7.50. The molecule has 0 fully saturated rings. The van der Waals surface area contributed by atoms with Gasteiger partial charge < -0.3 is 14.2 Å². The van der Waals surface area contributed by atoms with Crippen molar-refractivity contribution in [3.8, 4) is 0 Å². The molecule has 402 valence electrons. The normalized spacial score (nSPS) is 13.0. The number of ether oxygens (including phenoxy) is 3. The Hall–Kier alpha value is -4.19. The van der Waals surface area contributed by atoms with Crippen LogP contribution in [0.25, 0.3) is 0 Å². The van der Waals surface area contributed by atoms with Crippen molar-refractivity contribution >= 4 is 17.9 Å². The van der Waals surface area contributed by atoms with Crippen molar-refractivity contribution in [1.82, 2.24) is 0 Å². The van der Waals surface area contributed by atoms with Gasteiger partial charge in [-0.2, -0.15) is 0 Å². The molecule has 6 heteroatoms. The van der Waals surface area contributed by atoms with Gasteiger partial charge in [-0.3, -0.25) is 14.4 Å². The highest BCUT2D eigenvalue weighted by molar-refractivity contribution is 5.71. The molecule has 0 aromatic heterocycles. The zero-order valence-electron chi connectivity index (χ0n) is 45.9. The van der Waals surface area contributed by atoms with Crippen molar-refractivity contribution in [1.29, 1.82) is 0 Å². The summed E-state index contributed by atoms with van der Waals surface area (Å²) in [4.78, 5) is 38.2. The average Bonchev–Trinajstić information content (AvgIpc) is 3.37. The molecule has 6 nitrogen and oxygen atoms in total. The zero-order valence-corrected chi connectivity index (χ0v) is 45.9. The molecule has 0 spiro atoms. The quantitative estimate of drug-likeness (QED) is 0.0261. The standard InChI is InChI=1S/C65H106O6/c1-4-7-10-13-16-19-22-25-28-30-32-34-37-40-43-46-49-52-55-58-64(67)70-61-62(60-69-63(66)57-54-51-48-45-42-39-36-27-24-21-18-15-12-9-6-3)71-65(68)59-56-53-50-47-44-41-38-35-33-31-29-26-23-20-17-14-11-8-5-2/h16-21,25-29,32-36,40-41,43-44,62H,4-15,22-24,30-31,37-39,42,45-61H2,1-3H3/b19-16-,20-17-,21-18-,28-25-,29-26-,34-32-,35-33-,36-27-,43-40-,44-41-/t62-/m1/s1. The van der Waals surface area contributed by atoms with Crippen LogP contribution in [0.1, 0.15) is 252 Å². The molecule has 0 saturated carbocycles. The van der Waals surface area contributed by atoms with E-state index in [0.717, 1.165) is 128 Å². The molecule has 0 rings (SSSR count). The molecule has 0 aromatic carbocycles. The lowest BCUT2D eigenvalue weighted by Crippen LogP contribution is -2.30. The monoisotopic (exact) mass is 983 g/mol. The van der Waals surface area contributed by atoms with Crippen molar-refractivity contribution in [3.05, 3.63) is 122 Å². The van der Waals surface area contributed by atoms with Gasteiger partial charge in [-0.1, -0.05) is 213 Å². The zero-order chi connectivity index (χ0) is 51.4. The molecule has 0 N–H and O–H groups in total. The summed E-state index contributed by atoms with van der Waals surface area (Å²) in [6, 6.07) is 0. The number of carbonyl (C=O) groups is 3. The van der Waals surface area contributed by atoms with E-state index in [0.29, 0.717) is 19.3 Å². The number of rotatable bonds is 51. The summed E-state index contributed by atoms with van der Waals surface area (Å²) in [7, 11) is 0. The third kappa shape index (κ3) is 56.6. The van der Waals surface area contributed by atoms with Crippen molar-refractivity contribution in [2.24, 2.45) is 0 Å². The molecule has 0 aromatic rings. The predicted octanol–water partition coefficient (Wildman–Crippen LogP) is 19.6. The lowest BCUT2D eigenvalue weighted by atomic mass is 10.1. The molecule has 0 aliphatic carbocycles. The summed E-state index contributed by atoms with van der Waals surface area (Å²) in [6.45, 7) is 6.49. The molecule has 0 aliphatic heterocycles. The van der Waals surface area contributed by atoms with Gasteiger partial charge in [0.15, 0.2) is 6.10 Å². The van der Waals surface area contributed by atoms with Crippen LogP contribution in [-0.4, -0.2) is 37.2 Å². The van der Waals surface area contributed by atoms with Crippen molar-refractivity contribution in [3.63, 3.8) is 0 Å². The van der Waals surface area contributed by atoms with Gasteiger partial charge >= 0.3 is 17.9 Å². The minimum Gasteiger partial charge on any atom is -0.462 e. The predicted molar refractivity (Wildman–Crippen MR) is 306 cm³/mol. The fourth-order valence-electron chi connectivity index (χ4n) is 7.50. The highest BCUT2D eigenvalue weighted by atomic mass is 16.6. The van der Waals surface area contributed by atoms with Crippen molar-refractivity contribution < 1.29 is 28.6 Å². The lowest BCUT2D eigenvalue weighted by molar-refractivity contribution is -0.167. The Labute approximate surface area is 437 Å². The molecule has 0 heterocycles. The average molecular weight is 984 g/mol. The topological polar surface area (TPSA) is 78.9 Å². The first kappa shape index (κ1) is 66.8. The van der Waals surface area contributed by atoms with E-state index < -0.39 is 6.10 Å². The SMILES string of the molecule is CCCCC/C=C\C/C=C\C/C=C\C/C=C\CCCCCC(=O)OC[C@@H](COC(=O)CCCCCCC/C=C\C/C=C\CCCCC)OC(=O)CCCCC/C=C\C/C=C\C/C=C\C/C=C\CCCCC. The minimum atomic E-state index is -0.818. The van der Waals surface area contributed by atoms with E-state index in [-0.39, 0.29) is 37.5 Å². The molecule has 0 amide bonds. The molecule has 0 aliphatic rings. The van der Waals surface area contributed by atoms with E-state index in [1.165, 1.54) is 77.0 Å². The van der Waals surface area contributed by atoms with Crippen LogP contribution in [0.2, 0.25) is 0 Å². The van der Waals surface area contributed by atoms with Crippen LogP contribution < -0.4 is 0 Å². The van der Waals surface area contributed by atoms with E-state index in [1.807, 2.05) is 0 Å². The summed E-state index contributed by atoms with van der Waals surface area (Å²) in [5, 5.41) is 0. The molecule has 0 radical (unpaired) electrons. The van der Waals surface area contributed by atoms with Gasteiger partial charge in [-0.25, -0.2) is 0 Å². The molecule has 0 saturated heterocycles.